The molecule has 0 fully saturated rings. The number of amidine groups is 1. The zero-order valence-electron chi connectivity index (χ0n) is 35.1. The molecule has 0 aliphatic heterocycles. The summed E-state index contributed by atoms with van der Waals surface area (Å²) in [7, 11) is 0. The number of nitrogens with zero attached hydrogens (tertiary/aromatic N) is 2. The van der Waals surface area contributed by atoms with E-state index in [1.807, 2.05) is 140 Å². The van der Waals surface area contributed by atoms with E-state index in [2.05, 4.69) is 16.0 Å². The summed E-state index contributed by atoms with van der Waals surface area (Å²) in [5.41, 5.74) is 2.94. The first kappa shape index (κ1) is 43.0. The second kappa shape index (κ2) is 19.6. The first-order valence-corrected chi connectivity index (χ1v) is 20.9. The smallest absolute Gasteiger partial charge is 0.413 e. The standard InChI is InChI=1S/C53H44N6O6/c54-48(56-51(63)65-36-39-18-8-2-9-19-39)40-28-26-37(27-29-40)33-55-47(60)35-58-46-32-41(30-31-45(46)50(62)59(52(58)64)34-38-16-6-1-7-17-38)49(61)57-53(42-20-10-3-11-21-42,43-22-12-4-13-23-43)44-24-14-5-15-25-44/h1-32H,33-36H2,(H,55,60)(H,57,61)(H2,54,56,63). The highest BCUT2D eigenvalue weighted by atomic mass is 16.5. The van der Waals surface area contributed by atoms with Gasteiger partial charge in [0.15, 0.2) is 0 Å². The Labute approximate surface area is 374 Å². The molecule has 12 nitrogen and oxygen atoms in total. The fourth-order valence-corrected chi connectivity index (χ4v) is 7.76. The van der Waals surface area contributed by atoms with Crippen LogP contribution in [0.4, 0.5) is 4.79 Å². The summed E-state index contributed by atoms with van der Waals surface area (Å²) in [4.78, 5) is 69.2. The highest BCUT2D eigenvalue weighted by Gasteiger charge is 2.38. The average Bonchev–Trinajstić information content (AvgIpc) is 3.36. The van der Waals surface area contributed by atoms with E-state index in [1.54, 1.807) is 42.5 Å². The van der Waals surface area contributed by atoms with Gasteiger partial charge in [0.25, 0.3) is 11.5 Å². The van der Waals surface area contributed by atoms with Gasteiger partial charge >= 0.3 is 11.8 Å². The highest BCUT2D eigenvalue weighted by Crippen LogP contribution is 2.37. The van der Waals surface area contributed by atoms with Crippen LogP contribution in [0.1, 0.15) is 49.3 Å². The number of hydrogen-bond acceptors (Lipinski definition) is 7. The van der Waals surface area contributed by atoms with Crippen molar-refractivity contribution in [1.82, 2.24) is 25.1 Å². The lowest BCUT2D eigenvalue weighted by Crippen LogP contribution is -2.48. The minimum Gasteiger partial charge on any atom is -0.444 e. The molecule has 0 bridgehead atoms. The monoisotopic (exact) mass is 860 g/mol. The molecule has 7 aromatic carbocycles. The Morgan fingerprint density at radius 1 is 0.569 bits per heavy atom. The molecule has 8 rings (SSSR count). The van der Waals surface area contributed by atoms with E-state index in [9.17, 15) is 24.0 Å². The minimum absolute atomic E-state index is 0.0347. The van der Waals surface area contributed by atoms with E-state index >= 15 is 0 Å². The van der Waals surface area contributed by atoms with Gasteiger partial charge in [0.1, 0.15) is 24.5 Å². The number of ether oxygens (including phenoxy) is 1. The van der Waals surface area contributed by atoms with E-state index < -0.39 is 41.2 Å². The van der Waals surface area contributed by atoms with Crippen LogP contribution >= 0.6 is 0 Å². The van der Waals surface area contributed by atoms with Gasteiger partial charge < -0.3 is 15.4 Å². The Kier molecular flexibility index (Phi) is 13.0. The summed E-state index contributed by atoms with van der Waals surface area (Å²) in [5, 5.41) is 17.1. The van der Waals surface area contributed by atoms with Crippen LogP contribution in [0, 0.1) is 5.41 Å². The number of nitrogens with one attached hydrogen (secondary N) is 4. The fourth-order valence-electron chi connectivity index (χ4n) is 7.76. The van der Waals surface area contributed by atoms with E-state index in [0.717, 1.165) is 26.8 Å². The SMILES string of the molecule is N=C(NC(=O)OCc1ccccc1)c1ccc(CNC(=O)Cn2c(=O)n(Cc3ccccc3)c(=O)c3ccc(C(=O)NC(c4ccccc4)(c4ccccc4)c4ccccc4)cc32)cc1. The summed E-state index contributed by atoms with van der Waals surface area (Å²) in [6, 6.07) is 58.4. The molecule has 322 valence electrons. The number of carbonyl (C=O) groups excluding carboxylic acids is 3. The molecule has 65 heavy (non-hydrogen) atoms. The minimum atomic E-state index is -1.14. The Hall–Kier alpha value is -8.64. The largest absolute Gasteiger partial charge is 0.444 e. The average molecular weight is 861 g/mol. The van der Waals surface area contributed by atoms with Crippen molar-refractivity contribution in [1.29, 1.82) is 5.41 Å². The van der Waals surface area contributed by atoms with Gasteiger partial charge in [-0.05, 0) is 51.6 Å². The molecule has 0 aliphatic carbocycles. The summed E-state index contributed by atoms with van der Waals surface area (Å²) in [6.45, 7) is -0.365. The van der Waals surface area contributed by atoms with E-state index in [1.165, 1.54) is 16.7 Å². The zero-order valence-corrected chi connectivity index (χ0v) is 35.1. The van der Waals surface area contributed by atoms with Crippen molar-refractivity contribution >= 4 is 34.6 Å². The van der Waals surface area contributed by atoms with Gasteiger partial charge in [-0.1, -0.05) is 176 Å². The van der Waals surface area contributed by atoms with Crippen LogP contribution in [0.5, 0.6) is 0 Å². The van der Waals surface area contributed by atoms with Crippen LogP contribution < -0.4 is 27.2 Å². The first-order valence-electron chi connectivity index (χ1n) is 20.9. The van der Waals surface area contributed by atoms with Crippen molar-refractivity contribution in [2.75, 3.05) is 0 Å². The molecule has 4 N–H and O–H groups in total. The quantitative estimate of drug-likeness (QED) is 0.0503. The molecule has 3 amide bonds. The third kappa shape index (κ3) is 9.72. The maximum atomic E-state index is 14.7. The number of benzene rings is 7. The molecular formula is C53H44N6O6. The Morgan fingerprint density at radius 3 is 1.63 bits per heavy atom. The van der Waals surface area contributed by atoms with Gasteiger partial charge in [0.05, 0.1) is 17.4 Å². The molecule has 0 saturated heterocycles. The predicted octanol–water partition coefficient (Wildman–Crippen LogP) is 7.50. The molecule has 1 aromatic heterocycles. The molecule has 0 saturated carbocycles. The molecule has 0 unspecified atom stereocenters. The summed E-state index contributed by atoms with van der Waals surface area (Å²) >= 11 is 0. The van der Waals surface area contributed by atoms with Crippen molar-refractivity contribution in [3.05, 3.63) is 259 Å². The van der Waals surface area contributed by atoms with Gasteiger partial charge in [-0.2, -0.15) is 0 Å². The van der Waals surface area contributed by atoms with Crippen LogP contribution in [0.25, 0.3) is 10.9 Å². The molecular weight excluding hydrogens is 817 g/mol. The Balaban J connectivity index is 1.07. The maximum Gasteiger partial charge on any atom is 0.413 e. The number of hydrogen-bond donors (Lipinski definition) is 4. The summed E-state index contributed by atoms with van der Waals surface area (Å²) in [6.07, 6.45) is -0.763. The summed E-state index contributed by atoms with van der Waals surface area (Å²) in [5.74, 6) is -1.16. The summed E-state index contributed by atoms with van der Waals surface area (Å²) < 4.78 is 7.53. The van der Waals surface area contributed by atoms with Crippen molar-refractivity contribution in [3.63, 3.8) is 0 Å². The Bertz CT molecular complexity index is 2990. The number of alkyl carbamates (subject to hydrolysis) is 1. The maximum absolute atomic E-state index is 14.7. The van der Waals surface area contributed by atoms with Gasteiger partial charge in [0, 0.05) is 17.7 Å². The molecule has 1 heterocycles. The van der Waals surface area contributed by atoms with Crippen LogP contribution in [0.2, 0.25) is 0 Å². The second-order valence-electron chi connectivity index (χ2n) is 15.3. The van der Waals surface area contributed by atoms with Gasteiger partial charge in [0.2, 0.25) is 5.91 Å². The molecule has 0 spiro atoms. The van der Waals surface area contributed by atoms with E-state index in [4.69, 9.17) is 10.1 Å². The van der Waals surface area contributed by atoms with Crippen LogP contribution in [0.15, 0.2) is 204 Å². The van der Waals surface area contributed by atoms with Crippen LogP contribution in [-0.2, 0) is 41.3 Å². The van der Waals surface area contributed by atoms with Crippen molar-refractivity contribution in [2.45, 2.75) is 31.8 Å². The third-order valence-corrected chi connectivity index (χ3v) is 11.1. The zero-order chi connectivity index (χ0) is 45.2. The van der Waals surface area contributed by atoms with Gasteiger partial charge in [-0.25, -0.2) is 9.59 Å². The van der Waals surface area contributed by atoms with Crippen LogP contribution in [-0.4, -0.2) is 32.9 Å². The first-order chi connectivity index (χ1) is 31.7. The Morgan fingerprint density at radius 2 is 1.08 bits per heavy atom. The molecule has 0 radical (unpaired) electrons. The van der Waals surface area contributed by atoms with Gasteiger partial charge in [-0.3, -0.25) is 34.2 Å². The number of amides is 3. The molecule has 12 heteroatoms. The van der Waals surface area contributed by atoms with E-state index in [-0.39, 0.29) is 42.0 Å². The molecule has 0 atom stereocenters. The number of rotatable bonds is 14. The van der Waals surface area contributed by atoms with Gasteiger partial charge in [-0.15, -0.1) is 0 Å². The van der Waals surface area contributed by atoms with Crippen molar-refractivity contribution in [3.8, 4) is 0 Å². The lowest BCUT2D eigenvalue weighted by atomic mass is 9.77. The predicted molar refractivity (Wildman–Crippen MR) is 250 cm³/mol. The number of aromatic nitrogens is 2. The number of fused-ring (bicyclic) bond motifs is 1. The van der Waals surface area contributed by atoms with E-state index in [0.29, 0.717) is 16.7 Å². The van der Waals surface area contributed by atoms with Crippen LogP contribution in [0.3, 0.4) is 0 Å². The topological polar surface area (TPSA) is 164 Å². The lowest BCUT2D eigenvalue weighted by molar-refractivity contribution is -0.121. The molecule has 0 aliphatic rings. The van der Waals surface area contributed by atoms with Crippen molar-refractivity contribution < 1.29 is 19.1 Å². The fraction of sp³-hybridized carbons (Fsp3) is 0.0943. The molecule has 8 aromatic rings. The second-order valence-corrected chi connectivity index (χ2v) is 15.3. The third-order valence-electron chi connectivity index (χ3n) is 11.1. The van der Waals surface area contributed by atoms with Crippen molar-refractivity contribution in [2.24, 2.45) is 0 Å². The highest BCUT2D eigenvalue weighted by molar-refractivity contribution is 6.04. The number of carbonyl (C=O) groups is 3. The normalized spacial score (nSPS) is 11.1. The lowest BCUT2D eigenvalue weighted by Gasteiger charge is -2.37.